The molecule has 0 saturated heterocycles. The highest BCUT2D eigenvalue weighted by molar-refractivity contribution is 6.30. The fourth-order valence-corrected chi connectivity index (χ4v) is 2.72. The Morgan fingerprint density at radius 2 is 1.82 bits per heavy atom. The Morgan fingerprint density at radius 3 is 2.54 bits per heavy atom. The van der Waals surface area contributed by atoms with Crippen LogP contribution in [0.15, 0.2) is 47.6 Å². The van der Waals surface area contributed by atoms with Crippen molar-refractivity contribution in [3.63, 3.8) is 0 Å². The molecule has 1 atom stereocenters. The summed E-state index contributed by atoms with van der Waals surface area (Å²) in [4.78, 5) is 24.9. The van der Waals surface area contributed by atoms with Gasteiger partial charge in [0.05, 0.1) is 6.21 Å². The van der Waals surface area contributed by atoms with E-state index in [4.69, 9.17) is 21.1 Å². The van der Waals surface area contributed by atoms with E-state index in [9.17, 15) is 9.59 Å². The second-order valence-corrected chi connectivity index (χ2v) is 6.99. The van der Waals surface area contributed by atoms with Crippen LogP contribution >= 0.6 is 11.6 Å². The van der Waals surface area contributed by atoms with Crippen molar-refractivity contribution in [3.05, 3.63) is 58.6 Å². The average molecular weight is 402 g/mol. The molecule has 0 saturated carbocycles. The maximum Gasteiger partial charge on any atom is 0.262 e. The van der Waals surface area contributed by atoms with Crippen LogP contribution in [0.4, 0.5) is 0 Å². The quantitative estimate of drug-likeness (QED) is 0.575. The number of hydrazone groups is 1. The second kappa shape index (κ2) is 8.75. The molecule has 2 aromatic carbocycles. The lowest BCUT2D eigenvalue weighted by Crippen LogP contribution is -2.48. The van der Waals surface area contributed by atoms with Crippen molar-refractivity contribution in [2.24, 2.45) is 11.0 Å². The van der Waals surface area contributed by atoms with Crippen molar-refractivity contribution in [3.8, 4) is 11.5 Å². The van der Waals surface area contributed by atoms with Gasteiger partial charge in [-0.2, -0.15) is 5.10 Å². The average Bonchev–Trinajstić information content (AvgIpc) is 3.14. The number of benzene rings is 2. The first-order valence-corrected chi connectivity index (χ1v) is 9.11. The van der Waals surface area contributed by atoms with Gasteiger partial charge in [0.25, 0.3) is 11.8 Å². The molecule has 0 spiro atoms. The lowest BCUT2D eigenvalue weighted by atomic mass is 10.0. The summed E-state index contributed by atoms with van der Waals surface area (Å²) in [6.07, 6.45) is 1.50. The third-order valence-electron chi connectivity index (χ3n) is 4.13. The lowest BCUT2D eigenvalue weighted by Gasteiger charge is -2.20. The third-order valence-corrected chi connectivity index (χ3v) is 4.38. The SMILES string of the molecule is CC(C)C(NC(=O)c1ccc(Cl)cc1)C(=O)N/N=C\c1ccc2c(c1)OCO2. The molecule has 0 aromatic heterocycles. The summed E-state index contributed by atoms with van der Waals surface area (Å²) in [5.74, 6) is 0.410. The number of hydrogen-bond acceptors (Lipinski definition) is 5. The van der Waals surface area contributed by atoms with Crippen LogP contribution in [-0.2, 0) is 4.79 Å². The van der Waals surface area contributed by atoms with Gasteiger partial charge in [-0.25, -0.2) is 5.43 Å². The predicted molar refractivity (Wildman–Crippen MR) is 106 cm³/mol. The van der Waals surface area contributed by atoms with E-state index in [2.05, 4.69) is 15.8 Å². The van der Waals surface area contributed by atoms with E-state index in [0.29, 0.717) is 22.1 Å². The van der Waals surface area contributed by atoms with Crippen LogP contribution < -0.4 is 20.2 Å². The van der Waals surface area contributed by atoms with Crippen LogP contribution in [0.25, 0.3) is 0 Å². The van der Waals surface area contributed by atoms with Gasteiger partial charge in [-0.3, -0.25) is 9.59 Å². The molecule has 28 heavy (non-hydrogen) atoms. The van der Waals surface area contributed by atoms with Gasteiger partial charge in [0.15, 0.2) is 11.5 Å². The van der Waals surface area contributed by atoms with E-state index in [0.717, 1.165) is 5.56 Å². The molecule has 2 amide bonds. The summed E-state index contributed by atoms with van der Waals surface area (Å²) in [5.41, 5.74) is 3.64. The number of halogens is 1. The number of ether oxygens (including phenoxy) is 2. The number of nitrogens with one attached hydrogen (secondary N) is 2. The minimum Gasteiger partial charge on any atom is -0.454 e. The van der Waals surface area contributed by atoms with Crippen molar-refractivity contribution < 1.29 is 19.1 Å². The fourth-order valence-electron chi connectivity index (χ4n) is 2.59. The second-order valence-electron chi connectivity index (χ2n) is 6.55. The molecular weight excluding hydrogens is 382 g/mol. The van der Waals surface area contributed by atoms with Crippen LogP contribution in [-0.4, -0.2) is 30.9 Å². The van der Waals surface area contributed by atoms with Crippen molar-refractivity contribution in [1.29, 1.82) is 0 Å². The smallest absolute Gasteiger partial charge is 0.262 e. The fraction of sp³-hybridized carbons (Fsp3) is 0.250. The molecule has 0 bridgehead atoms. The Morgan fingerprint density at radius 1 is 1.11 bits per heavy atom. The topological polar surface area (TPSA) is 89.0 Å². The van der Waals surface area contributed by atoms with E-state index in [1.807, 2.05) is 13.8 Å². The number of fused-ring (bicyclic) bond motifs is 1. The molecule has 1 aliphatic rings. The minimum absolute atomic E-state index is 0.128. The van der Waals surface area contributed by atoms with Crippen LogP contribution in [0, 0.1) is 5.92 Å². The van der Waals surface area contributed by atoms with Gasteiger partial charge in [-0.05, 0) is 53.9 Å². The van der Waals surface area contributed by atoms with E-state index in [-0.39, 0.29) is 18.6 Å². The maximum atomic E-state index is 12.5. The zero-order chi connectivity index (χ0) is 20.1. The van der Waals surface area contributed by atoms with Gasteiger partial charge in [-0.1, -0.05) is 25.4 Å². The summed E-state index contributed by atoms with van der Waals surface area (Å²) in [7, 11) is 0. The van der Waals surface area contributed by atoms with Crippen LogP contribution in [0.3, 0.4) is 0 Å². The van der Waals surface area contributed by atoms with E-state index in [1.54, 1.807) is 42.5 Å². The molecule has 3 rings (SSSR count). The third kappa shape index (κ3) is 4.80. The minimum atomic E-state index is -0.739. The largest absolute Gasteiger partial charge is 0.454 e. The number of rotatable bonds is 6. The first-order chi connectivity index (χ1) is 13.4. The molecule has 146 valence electrons. The van der Waals surface area contributed by atoms with Gasteiger partial charge in [0.1, 0.15) is 6.04 Å². The number of amides is 2. The molecule has 0 radical (unpaired) electrons. The molecule has 2 aromatic rings. The highest BCUT2D eigenvalue weighted by Gasteiger charge is 2.24. The van der Waals surface area contributed by atoms with Gasteiger partial charge >= 0.3 is 0 Å². The monoisotopic (exact) mass is 401 g/mol. The van der Waals surface area contributed by atoms with E-state index < -0.39 is 11.9 Å². The highest BCUT2D eigenvalue weighted by atomic mass is 35.5. The summed E-state index contributed by atoms with van der Waals surface area (Å²) >= 11 is 5.84. The van der Waals surface area contributed by atoms with Crippen LogP contribution in [0.1, 0.15) is 29.8 Å². The summed E-state index contributed by atoms with van der Waals surface area (Å²) < 4.78 is 10.6. The summed E-state index contributed by atoms with van der Waals surface area (Å²) in [6.45, 7) is 3.87. The van der Waals surface area contributed by atoms with Crippen molar-refractivity contribution in [2.45, 2.75) is 19.9 Å². The molecule has 0 fully saturated rings. The maximum absolute atomic E-state index is 12.5. The Labute approximate surface area is 167 Å². The van der Waals surface area contributed by atoms with E-state index >= 15 is 0 Å². The first kappa shape index (κ1) is 19.7. The molecule has 1 unspecified atom stereocenters. The summed E-state index contributed by atoms with van der Waals surface area (Å²) in [6, 6.07) is 11.0. The summed E-state index contributed by atoms with van der Waals surface area (Å²) in [5, 5.41) is 7.24. The molecule has 8 heteroatoms. The molecular formula is C20H20ClN3O4. The van der Waals surface area contributed by atoms with Gasteiger partial charge in [-0.15, -0.1) is 0 Å². The lowest BCUT2D eigenvalue weighted by molar-refractivity contribution is -0.123. The Balaban J connectivity index is 1.61. The Hall–Kier alpha value is -3.06. The zero-order valence-electron chi connectivity index (χ0n) is 15.4. The molecule has 1 heterocycles. The van der Waals surface area contributed by atoms with Crippen molar-refractivity contribution in [2.75, 3.05) is 6.79 Å². The number of carbonyl (C=O) groups is 2. The Bertz CT molecular complexity index is 897. The standard InChI is InChI=1S/C20H20ClN3O4/c1-12(2)18(23-19(25)14-4-6-15(21)7-5-14)20(26)24-22-10-13-3-8-16-17(9-13)28-11-27-16/h3-10,12,18H,11H2,1-2H3,(H,23,25)(H,24,26)/b22-10-. The molecule has 1 aliphatic heterocycles. The van der Waals surface area contributed by atoms with Crippen LogP contribution in [0.2, 0.25) is 5.02 Å². The number of nitrogens with zero attached hydrogens (tertiary/aromatic N) is 1. The zero-order valence-corrected chi connectivity index (χ0v) is 16.2. The number of hydrogen-bond donors (Lipinski definition) is 2. The molecule has 0 aliphatic carbocycles. The normalized spacial score (nSPS) is 13.6. The molecule has 7 nitrogen and oxygen atoms in total. The van der Waals surface area contributed by atoms with Gasteiger partial charge < -0.3 is 14.8 Å². The van der Waals surface area contributed by atoms with Gasteiger partial charge in [0, 0.05) is 10.6 Å². The number of carbonyl (C=O) groups excluding carboxylic acids is 2. The van der Waals surface area contributed by atoms with Crippen molar-refractivity contribution in [1.82, 2.24) is 10.7 Å². The predicted octanol–water partition coefficient (Wildman–Crippen LogP) is 2.97. The Kier molecular flexibility index (Phi) is 6.16. The molecule has 2 N–H and O–H groups in total. The van der Waals surface area contributed by atoms with Gasteiger partial charge in [0.2, 0.25) is 6.79 Å². The van der Waals surface area contributed by atoms with Crippen molar-refractivity contribution >= 4 is 29.6 Å². The van der Waals surface area contributed by atoms with Crippen LogP contribution in [0.5, 0.6) is 11.5 Å². The van der Waals surface area contributed by atoms with E-state index in [1.165, 1.54) is 6.21 Å². The first-order valence-electron chi connectivity index (χ1n) is 8.73. The highest BCUT2D eigenvalue weighted by Crippen LogP contribution is 2.31.